The second kappa shape index (κ2) is 4.85. The van der Waals surface area contributed by atoms with Crippen LogP contribution in [-0.2, 0) is 0 Å². The van der Waals surface area contributed by atoms with Gasteiger partial charge in [-0.3, -0.25) is 0 Å². The molecule has 2 heterocycles. The van der Waals surface area contributed by atoms with Crippen LogP contribution < -0.4 is 14.8 Å². The summed E-state index contributed by atoms with van der Waals surface area (Å²) in [6, 6.07) is 6.07. The van der Waals surface area contributed by atoms with Crippen molar-refractivity contribution < 1.29 is 9.47 Å². The van der Waals surface area contributed by atoms with Gasteiger partial charge in [-0.2, -0.15) is 0 Å². The Morgan fingerprint density at radius 3 is 2.80 bits per heavy atom. The van der Waals surface area contributed by atoms with E-state index in [1.165, 1.54) is 25.7 Å². The zero-order valence-corrected chi connectivity index (χ0v) is 11.4. The Morgan fingerprint density at radius 2 is 1.95 bits per heavy atom. The molecule has 1 saturated carbocycles. The van der Waals surface area contributed by atoms with Gasteiger partial charge in [-0.1, -0.05) is 12.8 Å². The number of rotatable bonds is 3. The molecule has 1 N–H and O–H groups in total. The first-order valence-corrected chi connectivity index (χ1v) is 7.32. The third kappa shape index (κ3) is 2.05. The van der Waals surface area contributed by atoms with E-state index in [1.807, 2.05) is 24.4 Å². The maximum absolute atomic E-state index is 5.46. The van der Waals surface area contributed by atoms with Gasteiger partial charge in [-0.05, 0) is 42.3 Å². The molecule has 1 aliphatic heterocycles. The van der Waals surface area contributed by atoms with E-state index in [2.05, 4.69) is 10.3 Å². The number of aromatic nitrogens is 1. The molecule has 1 fully saturated rings. The zero-order chi connectivity index (χ0) is 13.4. The van der Waals surface area contributed by atoms with Crippen molar-refractivity contribution in [3.05, 3.63) is 24.4 Å². The topological polar surface area (TPSA) is 43.4 Å². The fourth-order valence-corrected chi connectivity index (χ4v) is 3.16. The highest BCUT2D eigenvalue weighted by Crippen LogP contribution is 2.38. The molecule has 0 radical (unpaired) electrons. The highest BCUT2D eigenvalue weighted by molar-refractivity contribution is 5.94. The molecule has 0 spiro atoms. The van der Waals surface area contributed by atoms with Gasteiger partial charge in [0.05, 0.1) is 0 Å². The highest BCUT2D eigenvalue weighted by atomic mass is 16.7. The number of ether oxygens (including phenoxy) is 2. The minimum absolute atomic E-state index is 0.309. The second-order valence-electron chi connectivity index (χ2n) is 5.62. The Balaban J connectivity index is 1.64. The molecule has 0 saturated heterocycles. The van der Waals surface area contributed by atoms with Crippen LogP contribution >= 0.6 is 0 Å². The molecule has 0 bridgehead atoms. The third-order valence-electron chi connectivity index (χ3n) is 4.29. The normalized spacial score (nSPS) is 17.8. The van der Waals surface area contributed by atoms with Crippen molar-refractivity contribution in [1.29, 1.82) is 0 Å². The summed E-state index contributed by atoms with van der Waals surface area (Å²) in [5.41, 5.74) is 0. The predicted octanol–water partition coefficient (Wildman–Crippen LogP) is 3.57. The fraction of sp³-hybridized carbons (Fsp3) is 0.438. The van der Waals surface area contributed by atoms with Crippen molar-refractivity contribution in [3.63, 3.8) is 0 Å². The molecule has 4 rings (SSSR count). The van der Waals surface area contributed by atoms with Crippen LogP contribution in [0.4, 0.5) is 5.82 Å². The molecule has 1 aliphatic carbocycles. The Bertz CT molecular complexity index is 636. The van der Waals surface area contributed by atoms with Crippen LogP contribution in [0.1, 0.15) is 25.7 Å². The molecule has 2 aliphatic rings. The maximum Gasteiger partial charge on any atom is 0.231 e. The molecular weight excluding hydrogens is 252 g/mol. The smallest absolute Gasteiger partial charge is 0.231 e. The second-order valence-corrected chi connectivity index (χ2v) is 5.62. The summed E-state index contributed by atoms with van der Waals surface area (Å²) in [5.74, 6) is 3.38. The molecule has 0 unspecified atom stereocenters. The molecule has 4 heteroatoms. The first-order chi connectivity index (χ1) is 9.90. The molecule has 0 amide bonds. The first-order valence-electron chi connectivity index (χ1n) is 7.32. The summed E-state index contributed by atoms with van der Waals surface area (Å²) in [6.45, 7) is 1.32. The van der Waals surface area contributed by atoms with E-state index in [-0.39, 0.29) is 0 Å². The number of benzene rings is 1. The molecule has 20 heavy (non-hydrogen) atoms. The van der Waals surface area contributed by atoms with E-state index in [9.17, 15) is 0 Å². The predicted molar refractivity (Wildman–Crippen MR) is 78.3 cm³/mol. The lowest BCUT2D eigenvalue weighted by molar-refractivity contribution is 0.174. The number of anilines is 1. The van der Waals surface area contributed by atoms with Gasteiger partial charge in [0.1, 0.15) is 5.82 Å². The van der Waals surface area contributed by atoms with Crippen molar-refractivity contribution in [2.75, 3.05) is 18.7 Å². The average Bonchev–Trinajstić information content (AvgIpc) is 3.13. The number of pyridine rings is 1. The summed E-state index contributed by atoms with van der Waals surface area (Å²) < 4.78 is 10.9. The van der Waals surface area contributed by atoms with Gasteiger partial charge in [0.25, 0.3) is 0 Å². The molecule has 104 valence electrons. The van der Waals surface area contributed by atoms with Crippen LogP contribution in [0.5, 0.6) is 11.5 Å². The number of hydrogen-bond acceptors (Lipinski definition) is 4. The Kier molecular flexibility index (Phi) is 2.87. The van der Waals surface area contributed by atoms with Gasteiger partial charge in [-0.15, -0.1) is 0 Å². The van der Waals surface area contributed by atoms with Crippen molar-refractivity contribution in [2.45, 2.75) is 25.7 Å². The minimum atomic E-state index is 0.309. The quantitative estimate of drug-likeness (QED) is 0.926. The zero-order valence-electron chi connectivity index (χ0n) is 11.4. The van der Waals surface area contributed by atoms with E-state index in [1.54, 1.807) is 0 Å². The molecule has 1 aromatic heterocycles. The fourth-order valence-electron chi connectivity index (χ4n) is 3.16. The SMILES string of the molecule is c1cc2cc3c(cc2c(NCC2CCCC2)n1)OCO3. The Morgan fingerprint density at radius 1 is 1.15 bits per heavy atom. The van der Waals surface area contributed by atoms with E-state index in [4.69, 9.17) is 9.47 Å². The van der Waals surface area contributed by atoms with Crippen LogP contribution in [0.3, 0.4) is 0 Å². The van der Waals surface area contributed by atoms with Gasteiger partial charge >= 0.3 is 0 Å². The van der Waals surface area contributed by atoms with Crippen LogP contribution in [-0.4, -0.2) is 18.3 Å². The van der Waals surface area contributed by atoms with Crippen LogP contribution in [0.15, 0.2) is 24.4 Å². The lowest BCUT2D eigenvalue weighted by Gasteiger charge is -2.13. The lowest BCUT2D eigenvalue weighted by atomic mass is 10.1. The van der Waals surface area contributed by atoms with Crippen LogP contribution in [0.25, 0.3) is 10.8 Å². The van der Waals surface area contributed by atoms with Gasteiger partial charge in [0.15, 0.2) is 11.5 Å². The van der Waals surface area contributed by atoms with Crippen molar-refractivity contribution in [1.82, 2.24) is 4.98 Å². The summed E-state index contributed by atoms with van der Waals surface area (Å²) in [4.78, 5) is 4.49. The van der Waals surface area contributed by atoms with Gasteiger partial charge in [0.2, 0.25) is 6.79 Å². The highest BCUT2D eigenvalue weighted by Gasteiger charge is 2.17. The minimum Gasteiger partial charge on any atom is -0.454 e. The molecular formula is C16H18N2O2. The molecule has 4 nitrogen and oxygen atoms in total. The van der Waals surface area contributed by atoms with Crippen molar-refractivity contribution >= 4 is 16.6 Å². The molecule has 0 atom stereocenters. The standard InChI is InChI=1S/C16H18N2O2/c1-2-4-11(3-1)9-18-16-13-8-15-14(19-10-20-15)7-12(13)5-6-17-16/h5-8,11H,1-4,9-10H2,(H,17,18). The van der Waals surface area contributed by atoms with Gasteiger partial charge in [0, 0.05) is 18.1 Å². The van der Waals surface area contributed by atoms with Crippen LogP contribution in [0, 0.1) is 5.92 Å². The Labute approximate surface area is 118 Å². The summed E-state index contributed by atoms with van der Waals surface area (Å²) >= 11 is 0. The Hall–Kier alpha value is -1.97. The van der Waals surface area contributed by atoms with Gasteiger partial charge in [-0.25, -0.2) is 4.98 Å². The van der Waals surface area contributed by atoms with E-state index in [0.29, 0.717) is 6.79 Å². The first kappa shape index (κ1) is 11.8. The third-order valence-corrected chi connectivity index (χ3v) is 4.29. The van der Waals surface area contributed by atoms with E-state index < -0.39 is 0 Å². The summed E-state index contributed by atoms with van der Waals surface area (Å²) in [6.07, 6.45) is 7.26. The number of fused-ring (bicyclic) bond motifs is 2. The van der Waals surface area contributed by atoms with E-state index in [0.717, 1.165) is 40.6 Å². The van der Waals surface area contributed by atoms with E-state index >= 15 is 0 Å². The van der Waals surface area contributed by atoms with Crippen molar-refractivity contribution in [2.24, 2.45) is 5.92 Å². The summed E-state index contributed by atoms with van der Waals surface area (Å²) in [5, 5.41) is 5.76. The summed E-state index contributed by atoms with van der Waals surface area (Å²) in [7, 11) is 0. The number of hydrogen-bond donors (Lipinski definition) is 1. The monoisotopic (exact) mass is 270 g/mol. The largest absolute Gasteiger partial charge is 0.454 e. The lowest BCUT2D eigenvalue weighted by Crippen LogP contribution is -2.12. The van der Waals surface area contributed by atoms with Crippen molar-refractivity contribution in [3.8, 4) is 11.5 Å². The average molecular weight is 270 g/mol. The number of nitrogens with zero attached hydrogens (tertiary/aromatic N) is 1. The van der Waals surface area contributed by atoms with Gasteiger partial charge < -0.3 is 14.8 Å². The molecule has 1 aromatic carbocycles. The van der Waals surface area contributed by atoms with Crippen LogP contribution in [0.2, 0.25) is 0 Å². The number of nitrogens with one attached hydrogen (secondary N) is 1. The maximum atomic E-state index is 5.46. The molecule has 2 aromatic rings.